The van der Waals surface area contributed by atoms with E-state index in [2.05, 4.69) is 25.7 Å². The van der Waals surface area contributed by atoms with Gasteiger partial charge in [0.1, 0.15) is 0 Å². The second kappa shape index (κ2) is 10.5. The van der Waals surface area contributed by atoms with Gasteiger partial charge in [0.15, 0.2) is 0 Å². The van der Waals surface area contributed by atoms with Crippen LogP contribution in [0.2, 0.25) is 25.7 Å². The Morgan fingerprint density at radius 3 is 2.75 bits per heavy atom. The lowest BCUT2D eigenvalue weighted by Crippen LogP contribution is -2.45. The first kappa shape index (κ1) is 20.7. The SMILES string of the molecule is C/C=C/C=C/CCCC1CCCN(C(=O)OCC[Si](C)(C)C)C1=O. The number of carbonyl (C=O) groups excluding carboxylic acids is 2. The molecule has 1 atom stereocenters. The summed E-state index contributed by atoms with van der Waals surface area (Å²) >= 11 is 0. The van der Waals surface area contributed by atoms with Gasteiger partial charge in [-0.1, -0.05) is 43.9 Å². The van der Waals surface area contributed by atoms with E-state index in [1.165, 1.54) is 4.90 Å². The molecule has 1 unspecified atom stereocenters. The van der Waals surface area contributed by atoms with Crippen LogP contribution in [0.4, 0.5) is 4.79 Å². The number of nitrogens with zero attached hydrogens (tertiary/aromatic N) is 1. The van der Waals surface area contributed by atoms with E-state index < -0.39 is 14.2 Å². The van der Waals surface area contributed by atoms with Crippen LogP contribution in [0.1, 0.15) is 39.0 Å². The van der Waals surface area contributed by atoms with Gasteiger partial charge in [-0.05, 0) is 45.1 Å². The average molecular weight is 352 g/mol. The zero-order valence-corrected chi connectivity index (χ0v) is 16.7. The van der Waals surface area contributed by atoms with Crippen molar-refractivity contribution < 1.29 is 14.3 Å². The zero-order chi connectivity index (χ0) is 18.0. The molecule has 5 heteroatoms. The molecule has 1 aliphatic heterocycles. The number of unbranched alkanes of at least 4 members (excludes halogenated alkanes) is 1. The molecule has 0 radical (unpaired) electrons. The van der Waals surface area contributed by atoms with Gasteiger partial charge >= 0.3 is 6.09 Å². The number of ether oxygens (including phenoxy) is 1. The first-order chi connectivity index (χ1) is 11.3. The van der Waals surface area contributed by atoms with Crippen LogP contribution >= 0.6 is 0 Å². The molecule has 24 heavy (non-hydrogen) atoms. The highest BCUT2D eigenvalue weighted by Crippen LogP contribution is 2.24. The maximum absolute atomic E-state index is 12.5. The van der Waals surface area contributed by atoms with Crippen LogP contribution in [0.15, 0.2) is 24.3 Å². The highest BCUT2D eigenvalue weighted by molar-refractivity contribution is 6.76. The third-order valence-corrected chi connectivity index (χ3v) is 5.91. The Morgan fingerprint density at radius 1 is 1.33 bits per heavy atom. The molecule has 1 rings (SSSR count). The molecule has 0 aromatic rings. The largest absolute Gasteiger partial charge is 0.449 e. The fourth-order valence-electron chi connectivity index (χ4n) is 2.69. The van der Waals surface area contributed by atoms with Gasteiger partial charge in [0.2, 0.25) is 5.91 Å². The lowest BCUT2D eigenvalue weighted by molar-refractivity contribution is -0.136. The Bertz CT molecular complexity index is 466. The summed E-state index contributed by atoms with van der Waals surface area (Å²) in [7, 11) is -1.23. The smallest absolute Gasteiger partial charge is 0.416 e. The summed E-state index contributed by atoms with van der Waals surface area (Å²) in [5.41, 5.74) is 0. The van der Waals surface area contributed by atoms with Crippen LogP contribution < -0.4 is 0 Å². The number of hydrogen-bond acceptors (Lipinski definition) is 3. The summed E-state index contributed by atoms with van der Waals surface area (Å²) in [6, 6.07) is 0.933. The Balaban J connectivity index is 2.39. The predicted molar refractivity (Wildman–Crippen MR) is 102 cm³/mol. The molecule has 1 saturated heterocycles. The molecule has 0 bridgehead atoms. The van der Waals surface area contributed by atoms with Crippen molar-refractivity contribution in [1.82, 2.24) is 4.90 Å². The van der Waals surface area contributed by atoms with Gasteiger partial charge in [0.05, 0.1) is 6.61 Å². The highest BCUT2D eigenvalue weighted by atomic mass is 28.3. The number of piperidine rings is 1. The van der Waals surface area contributed by atoms with Crippen LogP contribution in [-0.2, 0) is 9.53 Å². The molecule has 4 nitrogen and oxygen atoms in total. The molecule has 0 saturated carbocycles. The Hall–Kier alpha value is -1.36. The topological polar surface area (TPSA) is 46.6 Å². The summed E-state index contributed by atoms with van der Waals surface area (Å²) in [5.74, 6) is -0.0740. The van der Waals surface area contributed by atoms with Crippen LogP contribution in [0.25, 0.3) is 0 Å². The van der Waals surface area contributed by atoms with Crippen LogP contribution in [0.3, 0.4) is 0 Å². The summed E-state index contributed by atoms with van der Waals surface area (Å²) in [5, 5.41) is 0. The van der Waals surface area contributed by atoms with E-state index in [0.717, 1.165) is 38.1 Å². The molecule has 0 spiro atoms. The van der Waals surface area contributed by atoms with Crippen LogP contribution in [0, 0.1) is 5.92 Å². The molecule has 0 aromatic heterocycles. The Kier molecular flexibility index (Phi) is 9.04. The molecule has 1 aliphatic rings. The lowest BCUT2D eigenvalue weighted by Gasteiger charge is -2.30. The highest BCUT2D eigenvalue weighted by Gasteiger charge is 2.33. The standard InChI is InChI=1S/C19H33NO3Si/c1-5-6-7-8-9-10-12-17-13-11-14-20(18(17)21)19(22)23-15-16-24(2,3)4/h5-8,17H,9-16H2,1-4H3/b6-5+,8-7+. The van der Waals surface area contributed by atoms with Crippen molar-refractivity contribution >= 4 is 20.1 Å². The van der Waals surface area contributed by atoms with Crippen molar-refractivity contribution in [1.29, 1.82) is 0 Å². The van der Waals surface area contributed by atoms with Gasteiger partial charge in [-0.25, -0.2) is 9.69 Å². The van der Waals surface area contributed by atoms with Crippen molar-refractivity contribution in [3.63, 3.8) is 0 Å². The first-order valence-electron chi connectivity index (χ1n) is 9.11. The molecule has 2 amide bonds. The maximum Gasteiger partial charge on any atom is 0.416 e. The second-order valence-corrected chi connectivity index (χ2v) is 13.3. The summed E-state index contributed by atoms with van der Waals surface area (Å²) in [6.45, 7) is 9.65. The number of hydrogen-bond donors (Lipinski definition) is 0. The molecule has 0 aromatic carbocycles. The monoisotopic (exact) mass is 351 g/mol. The molecule has 1 fully saturated rings. The van der Waals surface area contributed by atoms with E-state index in [0.29, 0.717) is 13.2 Å². The van der Waals surface area contributed by atoms with Gasteiger partial charge in [0.25, 0.3) is 0 Å². The molecule has 0 N–H and O–H groups in total. The van der Waals surface area contributed by atoms with Gasteiger partial charge in [-0.15, -0.1) is 0 Å². The minimum atomic E-state index is -1.23. The number of likely N-dealkylation sites (tertiary alicyclic amines) is 1. The first-order valence-corrected chi connectivity index (χ1v) is 12.8. The fourth-order valence-corrected chi connectivity index (χ4v) is 3.40. The van der Waals surface area contributed by atoms with E-state index in [4.69, 9.17) is 4.74 Å². The Morgan fingerprint density at radius 2 is 2.08 bits per heavy atom. The van der Waals surface area contributed by atoms with Gasteiger partial charge < -0.3 is 4.74 Å². The van der Waals surface area contributed by atoms with Crippen molar-refractivity contribution in [2.75, 3.05) is 13.2 Å². The van der Waals surface area contributed by atoms with E-state index >= 15 is 0 Å². The maximum atomic E-state index is 12.5. The zero-order valence-electron chi connectivity index (χ0n) is 15.7. The minimum Gasteiger partial charge on any atom is -0.449 e. The molecular weight excluding hydrogens is 318 g/mol. The fraction of sp³-hybridized carbons (Fsp3) is 0.684. The minimum absolute atomic E-state index is 0.0293. The number of amides is 2. The molecule has 0 aliphatic carbocycles. The van der Waals surface area contributed by atoms with Crippen molar-refractivity contribution in [3.05, 3.63) is 24.3 Å². The average Bonchev–Trinajstić information content (AvgIpc) is 2.50. The molecular formula is C19H33NO3Si. The van der Waals surface area contributed by atoms with Gasteiger partial charge in [0, 0.05) is 20.5 Å². The number of carbonyl (C=O) groups is 2. The van der Waals surface area contributed by atoms with E-state index in [1.54, 1.807) is 0 Å². The van der Waals surface area contributed by atoms with E-state index in [1.807, 2.05) is 25.2 Å². The third-order valence-electron chi connectivity index (χ3n) is 4.21. The second-order valence-electron chi connectivity index (χ2n) is 7.64. The Labute approximate surface area is 148 Å². The quantitative estimate of drug-likeness (QED) is 0.351. The van der Waals surface area contributed by atoms with E-state index in [-0.39, 0.29) is 11.8 Å². The summed E-state index contributed by atoms with van der Waals surface area (Å²) < 4.78 is 5.33. The van der Waals surface area contributed by atoms with Gasteiger partial charge in [-0.2, -0.15) is 0 Å². The molecule has 136 valence electrons. The summed E-state index contributed by atoms with van der Waals surface area (Å²) in [6.07, 6.45) is 12.3. The van der Waals surface area contributed by atoms with Crippen molar-refractivity contribution in [2.24, 2.45) is 5.92 Å². The number of rotatable bonds is 8. The predicted octanol–water partition coefficient (Wildman–Crippen LogP) is 5.00. The van der Waals surface area contributed by atoms with Crippen LogP contribution in [0.5, 0.6) is 0 Å². The summed E-state index contributed by atoms with van der Waals surface area (Å²) in [4.78, 5) is 26.0. The third kappa shape index (κ3) is 7.95. The normalized spacial score (nSPS) is 19.4. The molecule has 1 heterocycles. The van der Waals surface area contributed by atoms with E-state index in [9.17, 15) is 9.59 Å². The van der Waals surface area contributed by atoms with Crippen molar-refractivity contribution in [3.8, 4) is 0 Å². The number of imide groups is 1. The number of allylic oxidation sites excluding steroid dienone is 4. The lowest BCUT2D eigenvalue weighted by atomic mass is 9.92. The van der Waals surface area contributed by atoms with Crippen molar-refractivity contribution in [2.45, 2.75) is 64.7 Å². The van der Waals surface area contributed by atoms with Gasteiger partial charge in [-0.3, -0.25) is 4.79 Å². The van der Waals surface area contributed by atoms with Crippen LogP contribution in [-0.4, -0.2) is 38.1 Å².